The first-order chi connectivity index (χ1) is 35.0. The number of nitrogens with zero attached hydrogens (tertiary/aromatic N) is 4. The fourth-order valence-electron chi connectivity index (χ4n) is 6.01. The summed E-state index contributed by atoms with van der Waals surface area (Å²) in [5.74, 6) is -1.84. The van der Waals surface area contributed by atoms with Crippen LogP contribution in [0.5, 0.6) is 0 Å². The molecule has 0 saturated carbocycles. The topological polar surface area (TPSA) is 241 Å². The number of aromatic nitrogens is 4. The van der Waals surface area contributed by atoms with Crippen molar-refractivity contribution in [3.63, 3.8) is 0 Å². The molecule has 15 nitrogen and oxygen atoms in total. The predicted molar refractivity (Wildman–Crippen MR) is 292 cm³/mol. The number of rotatable bonds is 8. The minimum absolute atomic E-state index is 0. The molecule has 75 heavy (non-hydrogen) atoms. The van der Waals surface area contributed by atoms with Crippen molar-refractivity contribution in [3.05, 3.63) is 219 Å². The van der Waals surface area contributed by atoms with Crippen LogP contribution in [0.25, 0.3) is 33.8 Å². The fraction of sp³-hybridized carbons (Fsp3) is 0.158. The van der Waals surface area contributed by atoms with Gasteiger partial charge < -0.3 is 35.4 Å². The molecule has 4 aromatic heterocycles. The molecular weight excluding hydrogens is 1030 g/mol. The number of carbonyl (C=O) groups excluding carboxylic acids is 3. The van der Waals surface area contributed by atoms with Gasteiger partial charge >= 0.3 is 54.6 Å². The first-order valence-electron chi connectivity index (χ1n) is 22.8. The molecule has 0 fully saturated rings. The van der Waals surface area contributed by atoms with Crippen LogP contribution in [0.15, 0.2) is 175 Å². The number of amides is 1. The van der Waals surface area contributed by atoms with Crippen LogP contribution in [0.3, 0.4) is 0 Å². The maximum Gasteiger partial charge on any atom is 1.00 e. The van der Waals surface area contributed by atoms with E-state index in [0.29, 0.717) is 16.7 Å². The number of aryl methyl sites for hydroxylation is 4. The summed E-state index contributed by atoms with van der Waals surface area (Å²) in [7, 11) is 2.70. The standard InChI is InChI=1S/C14H14N2O.C14H13NO2.C13H11NO2.C8H9BO4.C6H6BrN.C2H6.Na.H2O/c1-10-6-7-13(16-9-10)11-4-3-5-12(8-11)14(17)15-2;1-10-6-7-13(15-9-10)11-4-3-5-12(8-11)14(16)17-2;1-9-5-6-12(14-8-9)10-3-2-4-11(7-10)13(15)16;1-13-8(10)6-3-2-4-7(5-6)9(11)12;1-5-2-3-6(7)8-4-5;1-2;;/h3-9H,1-2H3,(H,15,17);3-9H,1-2H3;2-8H,1H3,(H,15,16);2-5,11-12H,1H3;2-4H,1H3;1-2H3;;1H2/q;;;;;;+1;/p-1. The average Bonchev–Trinajstić information content (AvgIpc) is 3.43. The van der Waals surface area contributed by atoms with Crippen molar-refractivity contribution in [3.8, 4) is 33.8 Å². The number of methoxy groups -OCH3 is 2. The Hall–Kier alpha value is -7.22. The number of esters is 2. The van der Waals surface area contributed by atoms with E-state index in [-0.39, 0.29) is 57.9 Å². The molecule has 0 bridgehead atoms. The van der Waals surface area contributed by atoms with Crippen molar-refractivity contribution in [2.75, 3.05) is 21.3 Å². The Balaban J connectivity index is 0.000000469. The van der Waals surface area contributed by atoms with E-state index in [1.165, 1.54) is 38.0 Å². The van der Waals surface area contributed by atoms with Crippen LogP contribution >= 0.6 is 15.9 Å². The van der Waals surface area contributed by atoms with Gasteiger partial charge in [-0.05, 0) is 144 Å². The molecule has 5 N–H and O–H groups in total. The maximum absolute atomic E-state index is 11.5. The summed E-state index contributed by atoms with van der Waals surface area (Å²) < 4.78 is 10.0. The summed E-state index contributed by atoms with van der Waals surface area (Å²) in [4.78, 5) is 61.7. The summed E-state index contributed by atoms with van der Waals surface area (Å²) in [6, 6.07) is 43.1. The third-order valence-electron chi connectivity index (χ3n) is 9.85. The Morgan fingerprint density at radius 3 is 1.19 bits per heavy atom. The zero-order chi connectivity index (χ0) is 53.9. The summed E-state index contributed by atoms with van der Waals surface area (Å²) in [5, 5.41) is 29.1. The summed E-state index contributed by atoms with van der Waals surface area (Å²) in [6.45, 7) is 12.0. The molecule has 8 aromatic rings. The molecule has 0 aliphatic heterocycles. The van der Waals surface area contributed by atoms with Gasteiger partial charge in [-0.2, -0.15) is 0 Å². The Kier molecular flexibility index (Phi) is 30.8. The zero-order valence-corrected chi connectivity index (χ0v) is 47.2. The van der Waals surface area contributed by atoms with E-state index in [9.17, 15) is 19.2 Å². The molecule has 0 atom stereocenters. The van der Waals surface area contributed by atoms with Crippen LogP contribution < -0.4 is 40.3 Å². The van der Waals surface area contributed by atoms with E-state index >= 15 is 0 Å². The van der Waals surface area contributed by atoms with Crippen molar-refractivity contribution in [1.82, 2.24) is 25.3 Å². The van der Waals surface area contributed by atoms with E-state index in [0.717, 1.165) is 55.1 Å². The van der Waals surface area contributed by atoms with Crippen LogP contribution in [0.4, 0.5) is 0 Å². The third kappa shape index (κ3) is 22.8. The molecule has 384 valence electrons. The van der Waals surface area contributed by atoms with Gasteiger partial charge in [-0.1, -0.05) is 86.6 Å². The van der Waals surface area contributed by atoms with Crippen LogP contribution in [0, 0.1) is 27.7 Å². The van der Waals surface area contributed by atoms with Gasteiger partial charge in [-0.25, -0.2) is 19.4 Å². The quantitative estimate of drug-likeness (QED) is 0.0670. The van der Waals surface area contributed by atoms with Crippen LogP contribution in [0.1, 0.15) is 77.5 Å². The molecular formula is C57H60BBrN5NaO10. The van der Waals surface area contributed by atoms with E-state index in [1.807, 2.05) is 139 Å². The molecule has 0 aliphatic carbocycles. The number of nitrogens with one attached hydrogen (secondary N) is 1. The average molecular weight is 1090 g/mol. The normalized spacial score (nSPS) is 9.39. The summed E-state index contributed by atoms with van der Waals surface area (Å²) >= 11 is 3.23. The number of hydrogen-bond acceptors (Lipinski definition) is 13. The molecule has 4 heterocycles. The number of carboxylic acid groups (broad SMARTS) is 1. The Labute approximate surface area is 469 Å². The second kappa shape index (κ2) is 35.1. The number of carboxylic acids is 1. The van der Waals surface area contributed by atoms with E-state index < -0.39 is 19.1 Å². The van der Waals surface area contributed by atoms with Crippen molar-refractivity contribution in [2.45, 2.75) is 41.5 Å². The largest absolute Gasteiger partial charge is 1.00 e. The Bertz CT molecular complexity index is 2880. The maximum atomic E-state index is 11.5. The zero-order valence-electron chi connectivity index (χ0n) is 43.6. The Morgan fingerprint density at radius 2 is 0.853 bits per heavy atom. The number of pyridine rings is 4. The summed E-state index contributed by atoms with van der Waals surface area (Å²) in [5.41, 5.74) is 11.7. The first kappa shape index (κ1) is 65.8. The Morgan fingerprint density at radius 1 is 0.507 bits per heavy atom. The van der Waals surface area contributed by atoms with Gasteiger partial charge in [0.15, 0.2) is 0 Å². The molecule has 0 spiro atoms. The van der Waals surface area contributed by atoms with Crippen molar-refractivity contribution in [2.24, 2.45) is 0 Å². The van der Waals surface area contributed by atoms with E-state index in [4.69, 9.17) is 15.2 Å². The number of hydrogen-bond donors (Lipinski definition) is 4. The predicted octanol–water partition coefficient (Wildman–Crippen LogP) is 7.17. The molecule has 0 aliphatic rings. The molecule has 0 radical (unpaired) electrons. The molecule has 0 saturated heterocycles. The summed E-state index contributed by atoms with van der Waals surface area (Å²) in [6.07, 6.45) is 7.22. The van der Waals surface area contributed by atoms with Gasteiger partial charge in [0.2, 0.25) is 0 Å². The first-order valence-corrected chi connectivity index (χ1v) is 23.6. The van der Waals surface area contributed by atoms with Crippen molar-refractivity contribution >= 4 is 52.3 Å². The number of carbonyl (C=O) groups is 4. The van der Waals surface area contributed by atoms with Crippen molar-refractivity contribution in [1.29, 1.82) is 0 Å². The number of benzene rings is 4. The van der Waals surface area contributed by atoms with Gasteiger partial charge in [0.05, 0.1) is 48.0 Å². The minimum Gasteiger partial charge on any atom is -0.870 e. The fourth-order valence-corrected chi connectivity index (χ4v) is 6.24. The van der Waals surface area contributed by atoms with E-state index in [1.54, 1.807) is 61.9 Å². The minimum atomic E-state index is -1.57. The van der Waals surface area contributed by atoms with Crippen LogP contribution in [-0.4, -0.2) is 92.8 Å². The van der Waals surface area contributed by atoms with Crippen LogP contribution in [0.2, 0.25) is 0 Å². The molecule has 0 unspecified atom stereocenters. The molecule has 4 aromatic carbocycles. The molecule has 18 heteroatoms. The van der Waals surface area contributed by atoms with Gasteiger partial charge in [-0.15, -0.1) is 0 Å². The number of aromatic carboxylic acids is 1. The molecule has 1 amide bonds. The van der Waals surface area contributed by atoms with Crippen LogP contribution in [-0.2, 0) is 9.47 Å². The monoisotopic (exact) mass is 1090 g/mol. The molecule has 8 rings (SSSR count). The number of ether oxygens (including phenoxy) is 2. The van der Waals surface area contributed by atoms with Gasteiger partial charge in [0.1, 0.15) is 4.60 Å². The third-order valence-corrected chi connectivity index (χ3v) is 10.3. The second-order valence-electron chi connectivity index (χ2n) is 15.4. The van der Waals surface area contributed by atoms with Gasteiger partial charge in [-0.3, -0.25) is 19.7 Å². The van der Waals surface area contributed by atoms with Crippen molar-refractivity contribution < 1.29 is 78.8 Å². The van der Waals surface area contributed by atoms with Gasteiger partial charge in [0.25, 0.3) is 5.91 Å². The van der Waals surface area contributed by atoms with E-state index in [2.05, 4.69) is 50.7 Å². The number of halogens is 1. The smallest absolute Gasteiger partial charge is 0.870 e. The second-order valence-corrected chi connectivity index (χ2v) is 16.2. The van der Waals surface area contributed by atoms with Gasteiger partial charge in [0, 0.05) is 54.1 Å². The SMILES string of the molecule is CC.CNC(=O)c1cccc(-c2ccc(C)cn2)c1.COC(=O)c1cccc(-c2ccc(C)cn2)c1.COC(=O)c1cccc(B(O)O)c1.Cc1ccc(-c2cccc(C(=O)O)c2)nc1.Cc1ccc(Br)nc1.[Na+].[OH-].